The number of aromatic amines is 1. The normalized spacial score (nSPS) is 29.5. The van der Waals surface area contributed by atoms with Gasteiger partial charge in [0.15, 0.2) is 6.23 Å². The number of rotatable bonds is 4. The molecule has 1 saturated heterocycles. The number of hydrogen-bond donors (Lipinski definition) is 4. The van der Waals surface area contributed by atoms with Crippen LogP contribution in [0.3, 0.4) is 0 Å². The molecular formula is C11H14N2O7. The van der Waals surface area contributed by atoms with Crippen molar-refractivity contribution in [2.45, 2.75) is 37.4 Å². The lowest BCUT2D eigenvalue weighted by Crippen LogP contribution is -2.37. The van der Waals surface area contributed by atoms with Crippen LogP contribution in [0.25, 0.3) is 0 Å². The average Bonchev–Trinajstić information content (AvgIpc) is 2.64. The van der Waals surface area contributed by atoms with Crippen LogP contribution in [-0.2, 0) is 9.53 Å². The van der Waals surface area contributed by atoms with Crippen molar-refractivity contribution in [3.05, 3.63) is 33.1 Å². The van der Waals surface area contributed by atoms with Crippen LogP contribution >= 0.6 is 0 Å². The molecule has 0 saturated carbocycles. The summed E-state index contributed by atoms with van der Waals surface area (Å²) >= 11 is 0. The van der Waals surface area contributed by atoms with E-state index in [0.717, 1.165) is 16.8 Å². The fraction of sp³-hybridized carbons (Fsp3) is 0.545. The number of ether oxygens (including phenoxy) is 1. The number of nitrogens with zero attached hydrogens (tertiary/aromatic N) is 1. The van der Waals surface area contributed by atoms with Crippen molar-refractivity contribution in [2.24, 2.45) is 0 Å². The molecule has 2 rings (SSSR count). The van der Waals surface area contributed by atoms with Gasteiger partial charge in [-0.05, 0) is 6.42 Å². The lowest BCUT2D eigenvalue weighted by molar-refractivity contribution is -0.138. The number of aliphatic hydroxyl groups excluding tert-OH is 2. The van der Waals surface area contributed by atoms with Crippen LogP contribution in [0, 0.1) is 0 Å². The molecule has 20 heavy (non-hydrogen) atoms. The molecule has 0 aromatic carbocycles. The summed E-state index contributed by atoms with van der Waals surface area (Å²) in [6, 6.07) is 1.08. The smallest absolute Gasteiger partial charge is 0.330 e. The summed E-state index contributed by atoms with van der Waals surface area (Å²) < 4.78 is 6.26. The van der Waals surface area contributed by atoms with Gasteiger partial charge in [0.1, 0.15) is 12.2 Å². The van der Waals surface area contributed by atoms with Crippen molar-refractivity contribution in [1.29, 1.82) is 0 Å². The lowest BCUT2D eigenvalue weighted by Gasteiger charge is -2.16. The third-order valence-corrected chi connectivity index (χ3v) is 3.11. The van der Waals surface area contributed by atoms with Crippen molar-refractivity contribution < 1.29 is 24.9 Å². The average molecular weight is 286 g/mol. The number of carboxylic acid groups (broad SMARTS) is 1. The second-order valence-electron chi connectivity index (χ2n) is 4.50. The van der Waals surface area contributed by atoms with Gasteiger partial charge in [0.25, 0.3) is 5.56 Å². The molecule has 4 unspecified atom stereocenters. The van der Waals surface area contributed by atoms with Crippen molar-refractivity contribution in [1.82, 2.24) is 9.55 Å². The van der Waals surface area contributed by atoms with E-state index in [4.69, 9.17) is 9.84 Å². The Hall–Kier alpha value is -1.97. The van der Waals surface area contributed by atoms with Crippen molar-refractivity contribution in [3.8, 4) is 0 Å². The molecule has 1 aliphatic heterocycles. The van der Waals surface area contributed by atoms with Gasteiger partial charge in [-0.3, -0.25) is 19.1 Å². The highest BCUT2D eigenvalue weighted by molar-refractivity contribution is 5.66. The van der Waals surface area contributed by atoms with Crippen LogP contribution < -0.4 is 11.2 Å². The summed E-state index contributed by atoms with van der Waals surface area (Å²) in [4.78, 5) is 35.0. The van der Waals surface area contributed by atoms with E-state index in [0.29, 0.717) is 0 Å². The van der Waals surface area contributed by atoms with Crippen LogP contribution in [-0.4, -0.2) is 49.2 Å². The van der Waals surface area contributed by atoms with E-state index in [-0.39, 0.29) is 12.8 Å². The van der Waals surface area contributed by atoms with Gasteiger partial charge in [0.2, 0.25) is 0 Å². The van der Waals surface area contributed by atoms with Gasteiger partial charge in [0, 0.05) is 18.7 Å². The Kier molecular flexibility index (Phi) is 4.02. The molecule has 0 aliphatic carbocycles. The van der Waals surface area contributed by atoms with Gasteiger partial charge >= 0.3 is 11.7 Å². The Balaban J connectivity index is 2.19. The fourth-order valence-electron chi connectivity index (χ4n) is 2.09. The third kappa shape index (κ3) is 2.79. The van der Waals surface area contributed by atoms with Crippen LogP contribution in [0.5, 0.6) is 0 Å². The molecule has 110 valence electrons. The van der Waals surface area contributed by atoms with Crippen LogP contribution in [0.1, 0.15) is 19.1 Å². The fourth-order valence-corrected chi connectivity index (χ4v) is 2.09. The first-order valence-electron chi connectivity index (χ1n) is 5.95. The lowest BCUT2D eigenvalue weighted by atomic mass is 10.1. The maximum Gasteiger partial charge on any atom is 0.330 e. The Morgan fingerprint density at radius 3 is 2.65 bits per heavy atom. The maximum atomic E-state index is 11.6. The molecular weight excluding hydrogens is 272 g/mol. The molecule has 2 heterocycles. The predicted octanol–water partition coefficient (Wildman–Crippen LogP) is -1.98. The van der Waals surface area contributed by atoms with Crippen molar-refractivity contribution in [3.63, 3.8) is 0 Å². The van der Waals surface area contributed by atoms with Crippen LogP contribution in [0.2, 0.25) is 0 Å². The standard InChI is InChI=1S/C11H14N2O7/c14-6-3-4-13(11(19)12-6)10-9(18)8(17)5(20-10)1-2-7(15)16/h3-5,8-10,17-18H,1-2H2,(H,15,16)(H,12,14,19). The van der Waals surface area contributed by atoms with E-state index < -0.39 is 41.8 Å². The van der Waals surface area contributed by atoms with E-state index in [1.165, 1.54) is 0 Å². The zero-order valence-electron chi connectivity index (χ0n) is 10.3. The largest absolute Gasteiger partial charge is 0.481 e. The SMILES string of the molecule is O=C(O)CCC1OC(n2ccc(=O)[nH]c2=O)C(O)C1O. The number of aromatic nitrogens is 2. The Morgan fingerprint density at radius 1 is 1.35 bits per heavy atom. The number of aliphatic hydroxyl groups is 2. The zero-order chi connectivity index (χ0) is 14.9. The van der Waals surface area contributed by atoms with E-state index in [1.54, 1.807) is 0 Å². The summed E-state index contributed by atoms with van der Waals surface area (Å²) in [6.07, 6.45) is -3.86. The Bertz CT molecular complexity index is 607. The number of aliphatic carboxylic acids is 1. The van der Waals surface area contributed by atoms with Crippen molar-refractivity contribution >= 4 is 5.97 Å². The quantitative estimate of drug-likeness (QED) is 0.502. The second-order valence-corrected chi connectivity index (χ2v) is 4.50. The molecule has 1 aliphatic rings. The summed E-state index contributed by atoms with van der Waals surface area (Å²) in [6.45, 7) is 0. The minimum Gasteiger partial charge on any atom is -0.481 e. The molecule has 0 radical (unpaired) electrons. The maximum absolute atomic E-state index is 11.6. The number of nitrogens with one attached hydrogen (secondary N) is 1. The topological polar surface area (TPSA) is 142 Å². The summed E-state index contributed by atoms with van der Waals surface area (Å²) in [5.41, 5.74) is -1.38. The molecule has 1 aromatic heterocycles. The summed E-state index contributed by atoms with van der Waals surface area (Å²) in [5.74, 6) is -1.06. The van der Waals surface area contributed by atoms with Gasteiger partial charge in [-0.2, -0.15) is 0 Å². The van der Waals surface area contributed by atoms with Gasteiger partial charge in [0.05, 0.1) is 6.10 Å². The highest BCUT2D eigenvalue weighted by Gasteiger charge is 2.43. The number of hydrogen-bond acceptors (Lipinski definition) is 6. The van der Waals surface area contributed by atoms with Gasteiger partial charge < -0.3 is 20.1 Å². The van der Waals surface area contributed by atoms with Crippen LogP contribution in [0.4, 0.5) is 0 Å². The van der Waals surface area contributed by atoms with Gasteiger partial charge in [-0.15, -0.1) is 0 Å². The molecule has 0 spiro atoms. The Morgan fingerprint density at radius 2 is 2.05 bits per heavy atom. The van der Waals surface area contributed by atoms with Gasteiger partial charge in [-0.1, -0.05) is 0 Å². The molecule has 4 N–H and O–H groups in total. The predicted molar refractivity (Wildman–Crippen MR) is 64.1 cm³/mol. The Labute approximate surface area is 112 Å². The molecule has 4 atom stereocenters. The van der Waals surface area contributed by atoms with Crippen LogP contribution in [0.15, 0.2) is 21.9 Å². The second kappa shape index (κ2) is 5.57. The first-order chi connectivity index (χ1) is 9.40. The third-order valence-electron chi connectivity index (χ3n) is 3.11. The highest BCUT2D eigenvalue weighted by atomic mass is 16.6. The van der Waals surface area contributed by atoms with E-state index in [2.05, 4.69) is 0 Å². The highest BCUT2D eigenvalue weighted by Crippen LogP contribution is 2.30. The molecule has 0 amide bonds. The monoisotopic (exact) mass is 286 g/mol. The summed E-state index contributed by atoms with van der Waals surface area (Å²) in [7, 11) is 0. The molecule has 0 bridgehead atoms. The molecule has 9 heteroatoms. The molecule has 1 fully saturated rings. The summed E-state index contributed by atoms with van der Waals surface area (Å²) in [5, 5.41) is 28.2. The first-order valence-corrected chi connectivity index (χ1v) is 5.95. The van der Waals surface area contributed by atoms with E-state index in [1.807, 2.05) is 4.98 Å². The first kappa shape index (κ1) is 14.4. The number of carboxylic acids is 1. The number of carbonyl (C=O) groups is 1. The van der Waals surface area contributed by atoms with Gasteiger partial charge in [-0.25, -0.2) is 4.79 Å². The minimum absolute atomic E-state index is 0.00215. The molecule has 1 aromatic rings. The van der Waals surface area contributed by atoms with Crippen molar-refractivity contribution in [2.75, 3.05) is 0 Å². The van der Waals surface area contributed by atoms with E-state index >= 15 is 0 Å². The minimum atomic E-state index is -1.39. The number of H-pyrrole nitrogens is 1. The molecule has 9 nitrogen and oxygen atoms in total. The van der Waals surface area contributed by atoms with E-state index in [9.17, 15) is 24.6 Å². The zero-order valence-corrected chi connectivity index (χ0v) is 10.3.